The number of aromatic nitrogens is 1. The van der Waals surface area contributed by atoms with E-state index in [1.807, 2.05) is 18.2 Å². The van der Waals surface area contributed by atoms with Crippen molar-refractivity contribution >= 4 is 29.1 Å². The molecule has 1 heterocycles. The lowest BCUT2D eigenvalue weighted by molar-refractivity contribution is -0.142. The molecular weight excluding hydrogens is 282 g/mol. The van der Waals surface area contributed by atoms with Crippen LogP contribution < -0.4 is 4.74 Å². The Balaban J connectivity index is 1.82. The molecule has 0 saturated carbocycles. The molecule has 1 aromatic carbocycles. The van der Waals surface area contributed by atoms with Gasteiger partial charge in [-0.05, 0) is 5.56 Å². The highest BCUT2D eigenvalue weighted by Gasteiger charge is 2.07. The smallest absolute Gasteiger partial charge is 0.343 e. The van der Waals surface area contributed by atoms with Gasteiger partial charge in [0.05, 0.1) is 17.5 Å². The first-order valence-electron chi connectivity index (χ1n) is 5.60. The molecule has 0 amide bonds. The lowest BCUT2D eigenvalue weighted by Crippen LogP contribution is -2.12. The highest BCUT2D eigenvalue weighted by atomic mass is 32.2. The van der Waals surface area contributed by atoms with Crippen molar-refractivity contribution in [2.75, 3.05) is 13.7 Å². The standard InChI is InChI=1S/C13H13NO3S2/c1-16-11(15)8-17-13-14-7-12(19-13)18-9-10-5-3-2-4-6-10/h2-7H,8-9H2,1H3. The van der Waals surface area contributed by atoms with E-state index in [4.69, 9.17) is 4.74 Å². The predicted octanol–water partition coefficient (Wildman–Crippen LogP) is 2.99. The molecule has 0 spiro atoms. The van der Waals surface area contributed by atoms with Gasteiger partial charge in [-0.15, -0.1) is 11.8 Å². The third kappa shape index (κ3) is 4.57. The largest absolute Gasteiger partial charge is 0.466 e. The van der Waals surface area contributed by atoms with Gasteiger partial charge < -0.3 is 9.47 Å². The molecule has 0 aliphatic rings. The van der Waals surface area contributed by atoms with E-state index in [9.17, 15) is 4.79 Å². The first-order chi connectivity index (χ1) is 9.28. The number of thiazole rings is 1. The summed E-state index contributed by atoms with van der Waals surface area (Å²) in [4.78, 5) is 15.0. The topological polar surface area (TPSA) is 48.4 Å². The maximum Gasteiger partial charge on any atom is 0.343 e. The fraction of sp³-hybridized carbons (Fsp3) is 0.231. The lowest BCUT2D eigenvalue weighted by atomic mass is 10.2. The summed E-state index contributed by atoms with van der Waals surface area (Å²) < 4.78 is 10.8. The number of rotatable bonds is 6. The molecule has 100 valence electrons. The lowest BCUT2D eigenvalue weighted by Gasteiger charge is -1.99. The SMILES string of the molecule is COC(=O)COc1ncc(SCc2ccccc2)s1. The number of methoxy groups -OCH3 is 1. The van der Waals surface area contributed by atoms with Crippen LogP contribution in [0.25, 0.3) is 0 Å². The predicted molar refractivity (Wildman–Crippen MR) is 75.6 cm³/mol. The molecular formula is C13H13NO3S2. The van der Waals surface area contributed by atoms with Crippen LogP contribution in [-0.2, 0) is 15.3 Å². The summed E-state index contributed by atoms with van der Waals surface area (Å²) in [5.74, 6) is 0.480. The zero-order chi connectivity index (χ0) is 13.5. The van der Waals surface area contributed by atoms with Crippen molar-refractivity contribution in [1.82, 2.24) is 4.98 Å². The fourth-order valence-electron chi connectivity index (χ4n) is 1.29. The van der Waals surface area contributed by atoms with Crippen molar-refractivity contribution in [1.29, 1.82) is 0 Å². The molecule has 6 heteroatoms. The zero-order valence-electron chi connectivity index (χ0n) is 10.4. The minimum atomic E-state index is -0.409. The maximum atomic E-state index is 10.9. The van der Waals surface area contributed by atoms with Crippen molar-refractivity contribution < 1.29 is 14.3 Å². The average Bonchev–Trinajstić information content (AvgIpc) is 2.91. The number of hydrogen-bond acceptors (Lipinski definition) is 6. The van der Waals surface area contributed by atoms with E-state index >= 15 is 0 Å². The van der Waals surface area contributed by atoms with Crippen LogP contribution in [0.15, 0.2) is 40.7 Å². The van der Waals surface area contributed by atoms with Gasteiger partial charge in [0.2, 0.25) is 0 Å². The molecule has 0 atom stereocenters. The Kier molecular flexibility index (Phi) is 5.23. The minimum Gasteiger partial charge on any atom is -0.466 e. The summed E-state index contributed by atoms with van der Waals surface area (Å²) in [6, 6.07) is 10.2. The summed E-state index contributed by atoms with van der Waals surface area (Å²) in [5.41, 5.74) is 1.26. The molecule has 0 saturated heterocycles. The van der Waals surface area contributed by atoms with E-state index in [1.165, 1.54) is 24.0 Å². The van der Waals surface area contributed by atoms with Crippen molar-refractivity contribution in [3.8, 4) is 5.19 Å². The maximum absolute atomic E-state index is 10.9. The molecule has 0 bridgehead atoms. The normalized spacial score (nSPS) is 10.2. The van der Waals surface area contributed by atoms with Gasteiger partial charge in [-0.3, -0.25) is 0 Å². The first kappa shape index (κ1) is 13.9. The zero-order valence-corrected chi connectivity index (χ0v) is 12.0. The van der Waals surface area contributed by atoms with Crippen LogP contribution in [0.4, 0.5) is 0 Å². The number of carbonyl (C=O) groups excluding carboxylic acids is 1. The summed E-state index contributed by atoms with van der Waals surface area (Å²) in [6.07, 6.45) is 1.75. The van der Waals surface area contributed by atoms with Crippen LogP contribution >= 0.6 is 23.1 Å². The Morgan fingerprint density at radius 1 is 1.37 bits per heavy atom. The van der Waals surface area contributed by atoms with Gasteiger partial charge in [-0.25, -0.2) is 9.78 Å². The van der Waals surface area contributed by atoms with Gasteiger partial charge >= 0.3 is 5.97 Å². The third-order valence-corrected chi connectivity index (χ3v) is 4.40. The van der Waals surface area contributed by atoms with Crippen LogP contribution in [0.5, 0.6) is 5.19 Å². The van der Waals surface area contributed by atoms with E-state index in [1.54, 1.807) is 18.0 Å². The van der Waals surface area contributed by atoms with Crippen LogP contribution in [0, 0.1) is 0 Å². The number of esters is 1. The average molecular weight is 295 g/mol. The van der Waals surface area contributed by atoms with E-state index in [2.05, 4.69) is 21.9 Å². The highest BCUT2D eigenvalue weighted by molar-refractivity contribution is 8.00. The monoisotopic (exact) mass is 295 g/mol. The van der Waals surface area contributed by atoms with Gasteiger partial charge in [0.25, 0.3) is 5.19 Å². The molecule has 1 aromatic heterocycles. The Hall–Kier alpha value is -1.53. The highest BCUT2D eigenvalue weighted by Crippen LogP contribution is 2.31. The van der Waals surface area contributed by atoms with Crippen LogP contribution in [-0.4, -0.2) is 24.7 Å². The molecule has 0 radical (unpaired) electrons. The number of nitrogens with zero attached hydrogens (tertiary/aromatic N) is 1. The summed E-state index contributed by atoms with van der Waals surface area (Å²) in [7, 11) is 1.33. The van der Waals surface area contributed by atoms with Gasteiger partial charge in [-0.2, -0.15) is 0 Å². The molecule has 2 rings (SSSR count). The van der Waals surface area contributed by atoms with E-state index in [-0.39, 0.29) is 6.61 Å². The van der Waals surface area contributed by atoms with Gasteiger partial charge in [-0.1, -0.05) is 41.7 Å². The second-order valence-electron chi connectivity index (χ2n) is 3.58. The Bertz CT molecular complexity index is 528. The number of carbonyl (C=O) groups is 1. The van der Waals surface area contributed by atoms with E-state index in [0.717, 1.165) is 9.96 Å². The summed E-state index contributed by atoms with van der Waals surface area (Å²) in [5, 5.41) is 0.487. The quantitative estimate of drug-likeness (QED) is 0.605. The molecule has 0 N–H and O–H groups in total. The first-order valence-corrected chi connectivity index (χ1v) is 7.40. The summed E-state index contributed by atoms with van der Waals surface area (Å²) in [6.45, 7) is -0.104. The van der Waals surface area contributed by atoms with Crippen LogP contribution in [0.1, 0.15) is 5.56 Å². The fourth-order valence-corrected chi connectivity index (χ4v) is 3.04. The van der Waals surface area contributed by atoms with E-state index < -0.39 is 5.97 Å². The molecule has 19 heavy (non-hydrogen) atoms. The van der Waals surface area contributed by atoms with E-state index in [0.29, 0.717) is 5.19 Å². The van der Waals surface area contributed by atoms with Gasteiger partial charge in [0.15, 0.2) is 6.61 Å². The molecule has 0 aliphatic carbocycles. The van der Waals surface area contributed by atoms with Gasteiger partial charge in [0.1, 0.15) is 0 Å². The number of benzene rings is 1. The van der Waals surface area contributed by atoms with Crippen molar-refractivity contribution in [3.05, 3.63) is 42.1 Å². The molecule has 0 aliphatic heterocycles. The molecule has 0 fully saturated rings. The number of hydrogen-bond donors (Lipinski definition) is 0. The minimum absolute atomic E-state index is 0.104. The Morgan fingerprint density at radius 3 is 2.89 bits per heavy atom. The third-order valence-electron chi connectivity index (χ3n) is 2.23. The van der Waals surface area contributed by atoms with Crippen LogP contribution in [0.3, 0.4) is 0 Å². The molecule has 2 aromatic rings. The van der Waals surface area contributed by atoms with Crippen molar-refractivity contribution in [2.24, 2.45) is 0 Å². The van der Waals surface area contributed by atoms with Crippen molar-refractivity contribution in [2.45, 2.75) is 9.96 Å². The number of ether oxygens (including phenoxy) is 2. The van der Waals surface area contributed by atoms with Crippen LogP contribution in [0.2, 0.25) is 0 Å². The second-order valence-corrected chi connectivity index (χ2v) is 5.85. The van der Waals surface area contributed by atoms with Crippen molar-refractivity contribution in [3.63, 3.8) is 0 Å². The Morgan fingerprint density at radius 2 is 2.16 bits per heavy atom. The second kappa shape index (κ2) is 7.16. The Labute approximate surface area is 119 Å². The van der Waals surface area contributed by atoms with Gasteiger partial charge in [0, 0.05) is 5.75 Å². The number of thioether (sulfide) groups is 1. The molecule has 0 unspecified atom stereocenters. The molecule has 4 nitrogen and oxygen atoms in total. The summed E-state index contributed by atoms with van der Waals surface area (Å²) >= 11 is 3.12.